The summed E-state index contributed by atoms with van der Waals surface area (Å²) in [5.74, 6) is 0. The van der Waals surface area contributed by atoms with Crippen molar-refractivity contribution in [3.05, 3.63) is 36.4 Å². The first-order valence-electron chi connectivity index (χ1n) is 7.16. The lowest BCUT2D eigenvalue weighted by Gasteiger charge is -2.25. The number of aromatic nitrogens is 4. The molecular formula is C14H17F3N6. The Bertz CT molecular complexity index is 655. The van der Waals surface area contributed by atoms with Crippen molar-refractivity contribution in [2.24, 2.45) is 0 Å². The molecule has 0 N–H and O–H groups in total. The third-order valence-electron chi connectivity index (χ3n) is 4.15. The molecule has 0 aromatic carbocycles. The lowest BCUT2D eigenvalue weighted by molar-refractivity contribution is -0.137. The van der Waals surface area contributed by atoms with Crippen LogP contribution in [0, 0.1) is 0 Å². The summed E-state index contributed by atoms with van der Waals surface area (Å²) in [6.07, 6.45) is 1.15. The maximum Gasteiger partial charge on any atom is 0.419 e. The molecule has 1 aliphatic heterocycles. The van der Waals surface area contributed by atoms with Crippen LogP contribution in [0.5, 0.6) is 0 Å². The van der Waals surface area contributed by atoms with E-state index in [1.165, 1.54) is 12.3 Å². The van der Waals surface area contributed by atoms with E-state index in [0.29, 0.717) is 13.1 Å². The molecule has 1 saturated heterocycles. The molecule has 0 radical (unpaired) electrons. The van der Waals surface area contributed by atoms with Crippen molar-refractivity contribution < 1.29 is 13.2 Å². The predicted molar refractivity (Wildman–Crippen MR) is 78.0 cm³/mol. The summed E-state index contributed by atoms with van der Waals surface area (Å²) >= 11 is 0. The van der Waals surface area contributed by atoms with Crippen LogP contribution in [0.25, 0.3) is 0 Å². The van der Waals surface area contributed by atoms with Gasteiger partial charge in [-0.15, -0.1) is 5.10 Å². The summed E-state index contributed by atoms with van der Waals surface area (Å²) in [7, 11) is 3.82. The minimum atomic E-state index is -4.43. The van der Waals surface area contributed by atoms with E-state index in [2.05, 4.69) is 15.3 Å². The molecule has 0 bridgehead atoms. The molecule has 0 amide bonds. The Balaban J connectivity index is 1.94. The van der Waals surface area contributed by atoms with Gasteiger partial charge in [-0.05, 0) is 20.2 Å². The van der Waals surface area contributed by atoms with E-state index in [1.807, 2.05) is 19.0 Å². The smallest absolute Gasteiger partial charge is 0.367 e. The summed E-state index contributed by atoms with van der Waals surface area (Å²) in [6.45, 7) is 0.907. The fourth-order valence-corrected chi connectivity index (χ4v) is 3.01. The molecule has 2 aromatic heterocycles. The molecule has 0 aliphatic carbocycles. The summed E-state index contributed by atoms with van der Waals surface area (Å²) in [5.41, 5.74) is -0.557. The topological polar surface area (TPSA) is 50.1 Å². The molecule has 3 heterocycles. The molecule has 124 valence electrons. The van der Waals surface area contributed by atoms with Gasteiger partial charge in [0.15, 0.2) is 0 Å². The van der Waals surface area contributed by atoms with Gasteiger partial charge in [-0.3, -0.25) is 4.98 Å². The molecule has 1 fully saturated rings. The van der Waals surface area contributed by atoms with Crippen LogP contribution >= 0.6 is 0 Å². The number of anilines is 1. The monoisotopic (exact) mass is 326 g/mol. The molecule has 0 unspecified atom stereocenters. The Morgan fingerprint density at radius 2 is 2.00 bits per heavy atom. The average molecular weight is 326 g/mol. The van der Waals surface area contributed by atoms with E-state index < -0.39 is 11.7 Å². The van der Waals surface area contributed by atoms with Gasteiger partial charge in [-0.25, -0.2) is 4.68 Å². The minimum Gasteiger partial charge on any atom is -0.367 e. The van der Waals surface area contributed by atoms with Crippen LogP contribution in [0.15, 0.2) is 30.9 Å². The van der Waals surface area contributed by atoms with Gasteiger partial charge in [-0.1, -0.05) is 5.21 Å². The van der Waals surface area contributed by atoms with Gasteiger partial charge in [-0.2, -0.15) is 13.2 Å². The van der Waals surface area contributed by atoms with Crippen LogP contribution < -0.4 is 4.90 Å². The van der Waals surface area contributed by atoms with E-state index >= 15 is 0 Å². The molecule has 3 rings (SSSR count). The van der Waals surface area contributed by atoms with Gasteiger partial charge in [0, 0.05) is 31.7 Å². The highest BCUT2D eigenvalue weighted by Gasteiger charge is 2.40. The van der Waals surface area contributed by atoms with E-state index in [0.717, 1.165) is 6.20 Å². The highest BCUT2D eigenvalue weighted by atomic mass is 19.4. The summed E-state index contributed by atoms with van der Waals surface area (Å²) < 4.78 is 41.4. The average Bonchev–Trinajstić information content (AvgIpc) is 3.15. The van der Waals surface area contributed by atoms with Crippen LogP contribution in [0.2, 0.25) is 0 Å². The third-order valence-corrected chi connectivity index (χ3v) is 4.15. The maximum atomic E-state index is 13.2. The van der Waals surface area contributed by atoms with Crippen molar-refractivity contribution in [1.82, 2.24) is 24.9 Å². The largest absolute Gasteiger partial charge is 0.419 e. The Kier molecular flexibility index (Phi) is 3.97. The van der Waals surface area contributed by atoms with Crippen molar-refractivity contribution in [3.8, 4) is 0 Å². The normalized spacial score (nSPS) is 22.1. The highest BCUT2D eigenvalue weighted by Crippen LogP contribution is 2.38. The zero-order valence-corrected chi connectivity index (χ0v) is 12.8. The zero-order valence-electron chi connectivity index (χ0n) is 12.8. The fraction of sp³-hybridized carbons (Fsp3) is 0.500. The Morgan fingerprint density at radius 3 is 2.61 bits per heavy atom. The van der Waals surface area contributed by atoms with E-state index in [9.17, 15) is 13.2 Å². The standard InChI is InChI=1S/C14H17F3N6/c1-21(2)12-8-22(9-13(12)23-6-5-19-20-23)11-3-4-18-7-10(11)14(15,16)17/h3-7,12-13H,8-9H2,1-2H3/t12-,13+/m1/s1. The third kappa shape index (κ3) is 3.00. The molecule has 2 atom stereocenters. The number of pyridine rings is 1. The van der Waals surface area contributed by atoms with Gasteiger partial charge in [0.05, 0.1) is 29.5 Å². The first-order chi connectivity index (χ1) is 10.9. The molecule has 2 aromatic rings. The second kappa shape index (κ2) is 5.80. The molecule has 6 nitrogen and oxygen atoms in total. The van der Waals surface area contributed by atoms with Crippen molar-refractivity contribution >= 4 is 5.69 Å². The number of nitrogens with zero attached hydrogens (tertiary/aromatic N) is 6. The quantitative estimate of drug-likeness (QED) is 0.859. The molecule has 23 heavy (non-hydrogen) atoms. The highest BCUT2D eigenvalue weighted by molar-refractivity contribution is 5.55. The van der Waals surface area contributed by atoms with Gasteiger partial charge in [0.1, 0.15) is 0 Å². The lowest BCUT2D eigenvalue weighted by atomic mass is 10.1. The van der Waals surface area contributed by atoms with E-state index in [-0.39, 0.29) is 17.8 Å². The number of likely N-dealkylation sites (N-methyl/N-ethyl adjacent to an activating group) is 1. The maximum absolute atomic E-state index is 13.2. The number of halogens is 3. The number of rotatable bonds is 3. The molecular weight excluding hydrogens is 309 g/mol. The van der Waals surface area contributed by atoms with Crippen LogP contribution in [-0.2, 0) is 6.18 Å². The predicted octanol–water partition coefficient (Wildman–Crippen LogP) is 1.68. The van der Waals surface area contributed by atoms with Crippen molar-refractivity contribution in [1.29, 1.82) is 0 Å². The molecule has 1 aliphatic rings. The van der Waals surface area contributed by atoms with Gasteiger partial charge in [0.2, 0.25) is 0 Å². The molecule has 0 spiro atoms. The second-order valence-electron chi connectivity index (χ2n) is 5.78. The second-order valence-corrected chi connectivity index (χ2v) is 5.78. The zero-order chi connectivity index (χ0) is 16.6. The van der Waals surface area contributed by atoms with Gasteiger partial charge >= 0.3 is 6.18 Å². The number of hydrogen-bond acceptors (Lipinski definition) is 5. The lowest BCUT2D eigenvalue weighted by Crippen LogP contribution is -2.36. The minimum absolute atomic E-state index is 0.0333. The van der Waals surface area contributed by atoms with Crippen molar-refractivity contribution in [2.45, 2.75) is 18.3 Å². The summed E-state index contributed by atoms with van der Waals surface area (Å²) in [6, 6.07) is 1.38. The Labute approximate surface area is 131 Å². The van der Waals surface area contributed by atoms with Crippen molar-refractivity contribution in [3.63, 3.8) is 0 Å². The van der Waals surface area contributed by atoms with Gasteiger partial charge in [0.25, 0.3) is 0 Å². The molecule has 9 heteroatoms. The van der Waals surface area contributed by atoms with E-state index in [1.54, 1.807) is 22.0 Å². The van der Waals surface area contributed by atoms with Gasteiger partial charge < -0.3 is 9.80 Å². The molecule has 0 saturated carbocycles. The summed E-state index contributed by atoms with van der Waals surface area (Å²) in [5, 5.41) is 7.81. The van der Waals surface area contributed by atoms with E-state index in [4.69, 9.17) is 0 Å². The number of alkyl halides is 3. The number of hydrogen-bond donors (Lipinski definition) is 0. The first-order valence-corrected chi connectivity index (χ1v) is 7.16. The Morgan fingerprint density at radius 1 is 1.22 bits per heavy atom. The Hall–Kier alpha value is -2.16. The van der Waals surface area contributed by atoms with Crippen LogP contribution in [0.1, 0.15) is 11.6 Å². The summed E-state index contributed by atoms with van der Waals surface area (Å²) in [4.78, 5) is 7.36. The first kappa shape index (κ1) is 15.7. The fourth-order valence-electron chi connectivity index (χ4n) is 3.01. The SMILES string of the molecule is CN(C)[C@@H]1CN(c2ccncc2C(F)(F)F)C[C@@H]1n1ccnn1. The van der Waals surface area contributed by atoms with Crippen LogP contribution in [0.4, 0.5) is 18.9 Å². The van der Waals surface area contributed by atoms with Crippen molar-refractivity contribution in [2.75, 3.05) is 32.1 Å². The van der Waals surface area contributed by atoms with Crippen LogP contribution in [0.3, 0.4) is 0 Å². The van der Waals surface area contributed by atoms with Crippen LogP contribution in [-0.4, -0.2) is 58.1 Å².